The Labute approximate surface area is 231 Å². The van der Waals surface area contributed by atoms with Crippen LogP contribution in [0.15, 0.2) is 59.0 Å². The maximum atomic E-state index is 13.5. The predicted octanol–water partition coefficient (Wildman–Crippen LogP) is 6.41. The van der Waals surface area contributed by atoms with Crippen LogP contribution in [-0.4, -0.2) is 48.9 Å². The van der Waals surface area contributed by atoms with Crippen molar-refractivity contribution in [1.29, 1.82) is 0 Å². The Morgan fingerprint density at radius 1 is 0.974 bits per heavy atom. The molecule has 0 atom stereocenters. The molecule has 0 radical (unpaired) electrons. The normalized spacial score (nSPS) is 11.8. The first-order valence-electron chi connectivity index (χ1n) is 12.0. The number of rotatable bonds is 7. The molecule has 0 bridgehead atoms. The highest BCUT2D eigenvalue weighted by Crippen LogP contribution is 2.43. The molecule has 0 saturated carbocycles. The molecule has 0 N–H and O–H groups in total. The summed E-state index contributed by atoms with van der Waals surface area (Å²) in [6, 6.07) is 16.2. The van der Waals surface area contributed by atoms with Crippen LogP contribution < -0.4 is 10.0 Å². The predicted molar refractivity (Wildman–Crippen MR) is 150 cm³/mol. The average molecular weight is 553 g/mol. The van der Waals surface area contributed by atoms with Gasteiger partial charge in [-0.05, 0) is 43.9 Å². The van der Waals surface area contributed by atoms with Crippen LogP contribution >= 0.6 is 23.2 Å². The van der Waals surface area contributed by atoms with E-state index in [1.165, 1.54) is 0 Å². The van der Waals surface area contributed by atoms with Crippen LogP contribution in [0.3, 0.4) is 0 Å². The summed E-state index contributed by atoms with van der Waals surface area (Å²) < 4.78 is 6.07. The van der Waals surface area contributed by atoms with Gasteiger partial charge in [-0.25, -0.2) is 4.98 Å². The molecule has 0 aliphatic heterocycles. The van der Waals surface area contributed by atoms with Crippen LogP contribution in [0.2, 0.25) is 10.0 Å². The molecule has 4 rings (SSSR count). The minimum absolute atomic E-state index is 0.0664. The van der Waals surface area contributed by atoms with Crippen molar-refractivity contribution in [2.24, 2.45) is 5.41 Å². The van der Waals surface area contributed by atoms with E-state index in [4.69, 9.17) is 32.6 Å². The Hall–Kier alpha value is -3.39. The van der Waals surface area contributed by atoms with Crippen molar-refractivity contribution in [3.8, 4) is 22.4 Å². The molecule has 9 heteroatoms. The summed E-state index contributed by atoms with van der Waals surface area (Å²) in [4.78, 5) is 33.6. The van der Waals surface area contributed by atoms with Gasteiger partial charge in [-0.3, -0.25) is 4.79 Å². The minimum Gasteiger partial charge on any atom is -0.530 e. The third-order valence-corrected chi connectivity index (χ3v) is 6.67. The highest BCUT2D eigenvalue weighted by Gasteiger charge is 2.34. The van der Waals surface area contributed by atoms with Crippen molar-refractivity contribution in [2.75, 3.05) is 32.1 Å². The second-order valence-corrected chi connectivity index (χ2v) is 11.1. The van der Waals surface area contributed by atoms with Gasteiger partial charge in [0, 0.05) is 39.7 Å². The highest BCUT2D eigenvalue weighted by atomic mass is 35.5. The van der Waals surface area contributed by atoms with E-state index in [9.17, 15) is 14.7 Å². The number of fused-ring (bicyclic) bond motifs is 1. The summed E-state index contributed by atoms with van der Waals surface area (Å²) in [5.74, 6) is -0.435. The number of likely N-dealkylation sites (N-methyl/N-ethyl adjacent to an activating group) is 1. The number of halogens is 2. The molecule has 7 nitrogen and oxygen atoms in total. The summed E-state index contributed by atoms with van der Waals surface area (Å²) in [6.07, 6.45) is -1.44. The van der Waals surface area contributed by atoms with Gasteiger partial charge >= 0.3 is 0 Å². The molecule has 0 unspecified atom stereocenters. The van der Waals surface area contributed by atoms with Crippen LogP contribution in [0.5, 0.6) is 0 Å². The van der Waals surface area contributed by atoms with Gasteiger partial charge in [0.2, 0.25) is 11.5 Å². The fourth-order valence-corrected chi connectivity index (χ4v) is 4.43. The van der Waals surface area contributed by atoms with E-state index in [0.29, 0.717) is 38.8 Å². The second kappa shape index (κ2) is 10.8. The van der Waals surface area contributed by atoms with Crippen molar-refractivity contribution in [3.05, 3.63) is 70.4 Å². The Morgan fingerprint density at radius 3 is 2.21 bits per heavy atom. The number of carboxylic acid groups (broad SMARTS) is 1. The van der Waals surface area contributed by atoms with Gasteiger partial charge in [-0.2, -0.15) is 0 Å². The third kappa shape index (κ3) is 5.55. The molecule has 38 heavy (non-hydrogen) atoms. The van der Waals surface area contributed by atoms with E-state index in [2.05, 4.69) is 0 Å². The smallest absolute Gasteiger partial charge is 0.229 e. The van der Waals surface area contributed by atoms with E-state index in [1.807, 2.05) is 49.3 Å². The molecule has 0 aliphatic carbocycles. The highest BCUT2D eigenvalue weighted by molar-refractivity contribution is 6.33. The monoisotopic (exact) mass is 552 g/mol. The number of Topliss-reactive ketones (excluding diaryl/α,β-unsaturated/α-hetero) is 1. The van der Waals surface area contributed by atoms with Gasteiger partial charge in [-0.1, -0.05) is 74.3 Å². The van der Waals surface area contributed by atoms with Crippen molar-refractivity contribution in [3.63, 3.8) is 0 Å². The number of hydrogen-bond donors (Lipinski definition) is 0. The Kier molecular flexibility index (Phi) is 7.83. The van der Waals surface area contributed by atoms with Crippen molar-refractivity contribution in [1.82, 2.24) is 9.88 Å². The lowest BCUT2D eigenvalue weighted by Crippen LogP contribution is -2.45. The van der Waals surface area contributed by atoms with Gasteiger partial charge in [-0.15, -0.1) is 0 Å². The lowest BCUT2D eigenvalue weighted by atomic mass is 9.88. The average Bonchev–Trinajstić information content (AvgIpc) is 3.21. The third-order valence-electron chi connectivity index (χ3n) is 6.09. The standard InChI is InChI=1S/C29H29Cl2N3O4/c1-29(2,3)26(35)25-24(34(28(36)37)15-14-33(4)5)21-16-20(17-10-12-18(30)13-11-17)23(32-27(21)38-25)19-8-6-7-9-22(19)31/h6-13,16H,14-15H2,1-5H3,(H,36,37)/p-1. The molecule has 0 aliphatic rings. The maximum Gasteiger partial charge on any atom is 0.229 e. The van der Waals surface area contributed by atoms with Crippen LogP contribution in [0.25, 0.3) is 33.5 Å². The zero-order valence-electron chi connectivity index (χ0n) is 21.8. The number of furan rings is 1. The summed E-state index contributed by atoms with van der Waals surface area (Å²) in [5.41, 5.74) is 2.03. The molecule has 0 spiro atoms. The van der Waals surface area contributed by atoms with Crippen molar-refractivity contribution < 1.29 is 19.1 Å². The molecule has 198 valence electrons. The first kappa shape index (κ1) is 27.6. The number of pyridine rings is 1. The van der Waals surface area contributed by atoms with E-state index in [0.717, 1.165) is 10.5 Å². The zero-order valence-corrected chi connectivity index (χ0v) is 23.4. The lowest BCUT2D eigenvalue weighted by Gasteiger charge is -2.27. The maximum absolute atomic E-state index is 13.5. The first-order valence-corrected chi connectivity index (χ1v) is 12.8. The molecule has 0 fully saturated rings. The summed E-state index contributed by atoms with van der Waals surface area (Å²) in [7, 11) is 3.66. The van der Waals surface area contributed by atoms with E-state index in [-0.39, 0.29) is 29.5 Å². The Morgan fingerprint density at radius 2 is 1.63 bits per heavy atom. The molecule has 1 amide bonds. The number of amides is 1. The van der Waals surface area contributed by atoms with Crippen LogP contribution in [0.1, 0.15) is 31.3 Å². The van der Waals surface area contributed by atoms with Gasteiger partial charge in [0.25, 0.3) is 0 Å². The van der Waals surface area contributed by atoms with Gasteiger partial charge < -0.3 is 24.1 Å². The minimum atomic E-state index is -1.44. The molecule has 4 aromatic rings. The topological polar surface area (TPSA) is 89.7 Å². The molecular weight excluding hydrogens is 525 g/mol. The van der Waals surface area contributed by atoms with Crippen LogP contribution in [-0.2, 0) is 0 Å². The van der Waals surface area contributed by atoms with E-state index in [1.54, 1.807) is 45.0 Å². The van der Waals surface area contributed by atoms with Crippen LogP contribution in [0, 0.1) is 5.41 Å². The number of anilines is 1. The van der Waals surface area contributed by atoms with Crippen LogP contribution in [0.4, 0.5) is 10.5 Å². The number of carbonyl (C=O) groups is 2. The van der Waals surface area contributed by atoms with E-state index < -0.39 is 11.5 Å². The van der Waals surface area contributed by atoms with Crippen molar-refractivity contribution in [2.45, 2.75) is 20.8 Å². The molecule has 2 aromatic carbocycles. The number of carbonyl (C=O) groups excluding carboxylic acids is 2. The Bertz CT molecular complexity index is 1510. The lowest BCUT2D eigenvalue weighted by molar-refractivity contribution is -0.246. The van der Waals surface area contributed by atoms with Gasteiger partial charge in [0.05, 0.1) is 11.1 Å². The molecular formula is C29H28Cl2N3O4-. The number of hydrogen-bond acceptors (Lipinski definition) is 6. The van der Waals surface area contributed by atoms with Gasteiger partial charge in [0.15, 0.2) is 5.76 Å². The fraction of sp³-hybridized carbons (Fsp3) is 0.276. The molecule has 0 saturated heterocycles. The van der Waals surface area contributed by atoms with Gasteiger partial charge in [0.1, 0.15) is 11.8 Å². The largest absolute Gasteiger partial charge is 0.530 e. The van der Waals surface area contributed by atoms with E-state index >= 15 is 0 Å². The second-order valence-electron chi connectivity index (χ2n) is 10.3. The Balaban J connectivity index is 2.09. The number of benzene rings is 2. The van der Waals surface area contributed by atoms with Crippen molar-refractivity contribution >= 4 is 51.9 Å². The molecule has 2 aromatic heterocycles. The number of aromatic nitrogens is 1. The quantitative estimate of drug-likeness (QED) is 0.246. The SMILES string of the molecule is CN(C)CCN(C(=O)[O-])c1c(C(=O)C(C)(C)C)oc2nc(-c3ccccc3Cl)c(-c3ccc(Cl)cc3)cc12. The summed E-state index contributed by atoms with van der Waals surface area (Å²) in [5, 5.41) is 13.8. The summed E-state index contributed by atoms with van der Waals surface area (Å²) >= 11 is 12.7. The molecule has 2 heterocycles. The first-order chi connectivity index (χ1) is 17.9. The zero-order chi connectivity index (χ0) is 27.8. The number of nitrogens with zero attached hydrogens (tertiary/aromatic N) is 3. The number of ketones is 1. The summed E-state index contributed by atoms with van der Waals surface area (Å²) in [6.45, 7) is 5.71. The fourth-order valence-electron chi connectivity index (χ4n) is 4.08.